The molecular formula is C30H28Cl6O8. The van der Waals surface area contributed by atoms with Crippen LogP contribution in [0.4, 0.5) is 0 Å². The third-order valence-electron chi connectivity index (χ3n) is 7.85. The molecule has 44 heavy (non-hydrogen) atoms. The van der Waals surface area contributed by atoms with Gasteiger partial charge in [-0.1, -0.05) is 96.3 Å². The molecule has 4 atom stereocenters. The first kappa shape index (κ1) is 34.9. The Morgan fingerprint density at radius 3 is 1.30 bits per heavy atom. The van der Waals surface area contributed by atoms with Crippen LogP contribution in [0.25, 0.3) is 0 Å². The molecule has 8 nitrogen and oxygen atoms in total. The van der Waals surface area contributed by atoms with E-state index in [2.05, 4.69) is 13.8 Å². The summed E-state index contributed by atoms with van der Waals surface area (Å²) in [6, 6.07) is 2.25. The second-order valence-corrected chi connectivity index (χ2v) is 13.1. The Labute approximate surface area is 284 Å². The molecule has 4 rings (SSSR count). The zero-order valence-corrected chi connectivity index (χ0v) is 28.2. The zero-order chi connectivity index (χ0) is 32.3. The summed E-state index contributed by atoms with van der Waals surface area (Å²) in [4.78, 5) is 51.7. The van der Waals surface area contributed by atoms with Crippen LogP contribution in [-0.4, -0.2) is 37.1 Å². The smallest absolute Gasteiger partial charge is 0.423 e. The molecule has 0 heterocycles. The van der Waals surface area contributed by atoms with E-state index in [0.717, 1.165) is 37.8 Å². The number of hydrogen-bond donors (Lipinski definition) is 0. The maximum absolute atomic E-state index is 13.0. The van der Waals surface area contributed by atoms with Crippen molar-refractivity contribution < 1.29 is 38.1 Å². The molecule has 14 heteroatoms. The van der Waals surface area contributed by atoms with Crippen molar-refractivity contribution >= 4 is 93.5 Å². The Morgan fingerprint density at radius 2 is 0.977 bits per heavy atom. The topological polar surface area (TPSA) is 105 Å². The molecule has 2 saturated carbocycles. The summed E-state index contributed by atoms with van der Waals surface area (Å²) in [5.74, 6) is -4.22. The summed E-state index contributed by atoms with van der Waals surface area (Å²) in [5.41, 5.74) is -0.906. The molecule has 0 amide bonds. The fourth-order valence-electron chi connectivity index (χ4n) is 5.07. The van der Waals surface area contributed by atoms with Gasteiger partial charge in [0.2, 0.25) is 0 Å². The summed E-state index contributed by atoms with van der Waals surface area (Å²) in [5, 5.41) is -1.45. The highest BCUT2D eigenvalue weighted by molar-refractivity contribution is 6.47. The highest BCUT2D eigenvalue weighted by Gasteiger charge is 2.37. The van der Waals surface area contributed by atoms with Gasteiger partial charge < -0.3 is 18.9 Å². The van der Waals surface area contributed by atoms with Gasteiger partial charge in [-0.15, -0.1) is 0 Å². The molecule has 0 bridgehead atoms. The number of ether oxygens (including phenoxy) is 4. The van der Waals surface area contributed by atoms with Crippen molar-refractivity contribution in [3.05, 3.63) is 53.4 Å². The maximum Gasteiger partial charge on any atom is 0.423 e. The summed E-state index contributed by atoms with van der Waals surface area (Å²) < 4.78 is 21.0. The number of halogens is 6. The molecule has 2 aliphatic carbocycles. The summed E-state index contributed by atoms with van der Waals surface area (Å²) in [6.07, 6.45) is 5.50. The molecule has 2 aromatic carbocycles. The highest BCUT2D eigenvalue weighted by Crippen LogP contribution is 2.45. The lowest BCUT2D eigenvalue weighted by Crippen LogP contribution is -2.27. The third kappa shape index (κ3) is 8.25. The average Bonchev–Trinajstić information content (AvgIpc) is 3.90. The highest BCUT2D eigenvalue weighted by atomic mass is 35.5. The first-order valence-electron chi connectivity index (χ1n) is 14.0. The van der Waals surface area contributed by atoms with Crippen LogP contribution in [0.5, 0.6) is 11.5 Å². The Balaban J connectivity index is 1.49. The molecule has 4 unspecified atom stereocenters. The molecular weight excluding hydrogens is 701 g/mol. The Morgan fingerprint density at radius 1 is 0.614 bits per heavy atom. The van der Waals surface area contributed by atoms with Crippen LogP contribution >= 0.6 is 69.6 Å². The molecule has 2 aliphatic rings. The third-order valence-corrected chi connectivity index (χ3v) is 9.98. The lowest BCUT2D eigenvalue weighted by molar-refractivity contribution is -0.156. The second-order valence-electron chi connectivity index (χ2n) is 10.7. The van der Waals surface area contributed by atoms with Crippen molar-refractivity contribution in [2.75, 3.05) is 13.2 Å². The van der Waals surface area contributed by atoms with Crippen molar-refractivity contribution in [1.29, 1.82) is 0 Å². The molecule has 2 aromatic rings. The fraction of sp³-hybridized carbons (Fsp3) is 0.467. The summed E-state index contributed by atoms with van der Waals surface area (Å²) >= 11 is 37.1. The van der Waals surface area contributed by atoms with Gasteiger partial charge in [-0.2, -0.15) is 0 Å². The van der Waals surface area contributed by atoms with E-state index < -0.39 is 46.5 Å². The predicted molar refractivity (Wildman–Crippen MR) is 168 cm³/mol. The van der Waals surface area contributed by atoms with E-state index in [0.29, 0.717) is 36.5 Å². The predicted octanol–water partition coefficient (Wildman–Crippen LogP) is 9.30. The van der Waals surface area contributed by atoms with E-state index in [1.807, 2.05) is 0 Å². The normalized spacial score (nSPS) is 20.1. The Kier molecular flexibility index (Phi) is 12.0. The van der Waals surface area contributed by atoms with Crippen LogP contribution in [-0.2, 0) is 19.1 Å². The Bertz CT molecular complexity index is 1370. The summed E-state index contributed by atoms with van der Waals surface area (Å²) in [7, 11) is 0. The maximum atomic E-state index is 13.0. The van der Waals surface area contributed by atoms with Gasteiger partial charge in [0.25, 0.3) is 0 Å². The van der Waals surface area contributed by atoms with E-state index in [1.54, 1.807) is 0 Å². The fourth-order valence-corrected chi connectivity index (χ4v) is 6.51. The molecule has 0 N–H and O–H groups in total. The number of carbonyl (C=O) groups excluding carboxylic acids is 4. The molecule has 0 aromatic heterocycles. The number of hydrogen-bond acceptors (Lipinski definition) is 8. The second kappa shape index (κ2) is 15.1. The Hall–Kier alpha value is -1.94. The quantitative estimate of drug-likeness (QED) is 0.0922. The van der Waals surface area contributed by atoms with Gasteiger partial charge in [-0.25, -0.2) is 19.2 Å². The van der Waals surface area contributed by atoms with Crippen LogP contribution in [0.1, 0.15) is 73.1 Å². The van der Waals surface area contributed by atoms with Gasteiger partial charge in [0.15, 0.2) is 11.5 Å². The van der Waals surface area contributed by atoms with Crippen molar-refractivity contribution in [3.8, 4) is 11.5 Å². The monoisotopic (exact) mass is 726 g/mol. The molecule has 2 fully saturated rings. The van der Waals surface area contributed by atoms with Gasteiger partial charge >= 0.3 is 23.9 Å². The largest absolute Gasteiger partial charge is 0.462 e. The minimum atomic E-state index is -1.64. The molecule has 0 radical (unpaired) electrons. The standard InChI is InChI=1S/C30H28Cl6O8/c1-3-13-9-15(13)5-7-41-27(37)21-23(35)17(31)11-19(33)25(21)43-29(39)30(40)44-26-20(34)12-18(32)24(36)22(26)28(38)42-8-6-16-10-14(16)4-2/h11-16H,3-10H2,1-2H3. The van der Waals surface area contributed by atoms with Gasteiger partial charge in [0, 0.05) is 0 Å². The van der Waals surface area contributed by atoms with E-state index in [1.165, 1.54) is 0 Å². The first-order chi connectivity index (χ1) is 20.9. The van der Waals surface area contributed by atoms with Crippen molar-refractivity contribution in [1.82, 2.24) is 0 Å². The average molecular weight is 729 g/mol. The number of esters is 4. The van der Waals surface area contributed by atoms with Gasteiger partial charge in [-0.3, -0.25) is 0 Å². The van der Waals surface area contributed by atoms with E-state index in [4.69, 9.17) is 88.6 Å². The van der Waals surface area contributed by atoms with Crippen LogP contribution in [0, 0.1) is 23.7 Å². The van der Waals surface area contributed by atoms with Crippen LogP contribution in [0.3, 0.4) is 0 Å². The van der Waals surface area contributed by atoms with Gasteiger partial charge in [-0.05, 0) is 61.5 Å². The van der Waals surface area contributed by atoms with Crippen molar-refractivity contribution in [3.63, 3.8) is 0 Å². The molecule has 0 spiro atoms. The number of rotatable bonds is 12. The van der Waals surface area contributed by atoms with E-state index in [9.17, 15) is 19.2 Å². The lowest BCUT2D eigenvalue weighted by atomic mass is 10.2. The molecule has 0 saturated heterocycles. The number of benzene rings is 2. The van der Waals surface area contributed by atoms with Crippen LogP contribution in [0.15, 0.2) is 12.1 Å². The van der Waals surface area contributed by atoms with Crippen LogP contribution < -0.4 is 9.47 Å². The minimum Gasteiger partial charge on any atom is -0.462 e. The molecule has 0 aliphatic heterocycles. The minimum absolute atomic E-state index is 0.0877. The van der Waals surface area contributed by atoms with Gasteiger partial charge in [0.05, 0.1) is 43.3 Å². The van der Waals surface area contributed by atoms with Gasteiger partial charge in [0.1, 0.15) is 11.1 Å². The van der Waals surface area contributed by atoms with Crippen LogP contribution in [0.2, 0.25) is 30.1 Å². The lowest BCUT2D eigenvalue weighted by Gasteiger charge is -2.15. The zero-order valence-electron chi connectivity index (χ0n) is 23.7. The molecule has 238 valence electrons. The van der Waals surface area contributed by atoms with Crippen molar-refractivity contribution in [2.24, 2.45) is 23.7 Å². The van der Waals surface area contributed by atoms with E-state index >= 15 is 0 Å². The van der Waals surface area contributed by atoms with E-state index in [-0.39, 0.29) is 43.3 Å². The summed E-state index contributed by atoms with van der Waals surface area (Å²) in [6.45, 7) is 4.36. The number of carbonyl (C=O) groups is 4. The first-order valence-corrected chi connectivity index (χ1v) is 16.3. The van der Waals surface area contributed by atoms with Crippen molar-refractivity contribution in [2.45, 2.75) is 52.4 Å². The SMILES string of the molecule is CCC1CC1CCOC(=O)c1c(Cl)c(Cl)cc(Cl)c1OC(=O)C(=O)Oc1c(Cl)cc(Cl)c(Cl)c1C(=O)OCCC1CC1CC.